The topological polar surface area (TPSA) is 38.4 Å². The lowest BCUT2D eigenvalue weighted by Crippen LogP contribution is -2.25. The van der Waals surface area contributed by atoms with E-state index in [1.54, 1.807) is 0 Å². The van der Waals surface area contributed by atoms with Gasteiger partial charge in [-0.05, 0) is 37.2 Å². The quantitative estimate of drug-likeness (QED) is 0.564. The van der Waals surface area contributed by atoms with Crippen LogP contribution in [-0.4, -0.2) is 23.4 Å². The largest absolute Gasteiger partial charge is 0.387 e. The Hall–Kier alpha value is -0.180. The number of nitrogens with zero attached hydrogens (tertiary/aromatic N) is 1. The Bertz CT molecular complexity index is 203. The van der Waals surface area contributed by atoms with Crippen LogP contribution in [0.15, 0.2) is 4.99 Å². The molecule has 14 heavy (non-hydrogen) atoms. The van der Waals surface area contributed by atoms with E-state index in [4.69, 9.17) is 10.7 Å². The van der Waals surface area contributed by atoms with E-state index in [1.165, 1.54) is 50.0 Å². The zero-order valence-corrected chi connectivity index (χ0v) is 9.56. The zero-order valence-electron chi connectivity index (χ0n) is 8.74. The van der Waals surface area contributed by atoms with Crippen molar-refractivity contribution in [1.82, 2.24) is 0 Å². The van der Waals surface area contributed by atoms with Gasteiger partial charge in [0.05, 0.1) is 11.9 Å². The van der Waals surface area contributed by atoms with E-state index in [0.717, 1.165) is 5.84 Å². The number of hydrogen-bond acceptors (Lipinski definition) is 2. The Morgan fingerprint density at radius 1 is 1.07 bits per heavy atom. The highest BCUT2D eigenvalue weighted by Crippen LogP contribution is 2.26. The number of thioether (sulfide) groups is 1. The maximum absolute atomic E-state index is 6.05. The summed E-state index contributed by atoms with van der Waals surface area (Å²) < 4.78 is 0. The molecule has 1 aliphatic heterocycles. The van der Waals surface area contributed by atoms with E-state index >= 15 is 0 Å². The summed E-state index contributed by atoms with van der Waals surface area (Å²) in [6, 6.07) is 0.539. The second kappa shape index (κ2) is 5.06. The van der Waals surface area contributed by atoms with Crippen molar-refractivity contribution in [2.24, 2.45) is 16.6 Å². The van der Waals surface area contributed by atoms with Crippen LogP contribution in [0.4, 0.5) is 0 Å². The molecule has 3 heteroatoms. The predicted octanol–water partition coefficient (Wildman–Crippen LogP) is 2.43. The fourth-order valence-electron chi connectivity index (χ4n) is 2.35. The van der Waals surface area contributed by atoms with Crippen molar-refractivity contribution >= 4 is 17.6 Å². The van der Waals surface area contributed by atoms with Crippen molar-refractivity contribution in [3.05, 3.63) is 0 Å². The highest BCUT2D eigenvalue weighted by Gasteiger charge is 2.20. The van der Waals surface area contributed by atoms with Crippen LogP contribution < -0.4 is 5.73 Å². The van der Waals surface area contributed by atoms with E-state index in [9.17, 15) is 0 Å². The highest BCUT2D eigenvalue weighted by molar-refractivity contribution is 7.99. The Morgan fingerprint density at radius 2 is 1.71 bits per heavy atom. The fourth-order valence-corrected chi connectivity index (χ4v) is 3.43. The van der Waals surface area contributed by atoms with Crippen molar-refractivity contribution in [1.29, 1.82) is 0 Å². The molecule has 0 bridgehead atoms. The smallest absolute Gasteiger partial charge is 0.0971 e. The lowest BCUT2D eigenvalue weighted by Gasteiger charge is -2.19. The zero-order chi connectivity index (χ0) is 9.80. The van der Waals surface area contributed by atoms with Crippen LogP contribution in [0.1, 0.15) is 38.5 Å². The molecule has 0 aromatic heterocycles. The average Bonchev–Trinajstić information content (AvgIpc) is 2.72. The summed E-state index contributed by atoms with van der Waals surface area (Å²) in [7, 11) is 0. The minimum absolute atomic E-state index is 0.539. The van der Waals surface area contributed by atoms with Crippen LogP contribution >= 0.6 is 11.8 Å². The van der Waals surface area contributed by atoms with Crippen molar-refractivity contribution in [3.63, 3.8) is 0 Å². The van der Waals surface area contributed by atoms with Gasteiger partial charge in [-0.2, -0.15) is 11.8 Å². The molecule has 2 rings (SSSR count). The van der Waals surface area contributed by atoms with Gasteiger partial charge >= 0.3 is 0 Å². The van der Waals surface area contributed by atoms with E-state index < -0.39 is 0 Å². The summed E-state index contributed by atoms with van der Waals surface area (Å²) in [5, 5.41) is 0. The molecule has 0 atom stereocenters. The first kappa shape index (κ1) is 10.3. The molecular weight excluding hydrogens is 192 g/mol. The minimum atomic E-state index is 0.539. The van der Waals surface area contributed by atoms with Crippen molar-refractivity contribution in [2.45, 2.75) is 44.6 Å². The Labute approximate surface area is 90.7 Å². The van der Waals surface area contributed by atoms with Gasteiger partial charge in [0.15, 0.2) is 0 Å². The number of hydrogen-bond donors (Lipinski definition) is 1. The number of amidine groups is 1. The van der Waals surface area contributed by atoms with Crippen LogP contribution in [0, 0.1) is 5.92 Å². The van der Waals surface area contributed by atoms with Crippen molar-refractivity contribution < 1.29 is 0 Å². The minimum Gasteiger partial charge on any atom is -0.387 e. The van der Waals surface area contributed by atoms with Crippen molar-refractivity contribution in [3.8, 4) is 0 Å². The second-order valence-electron chi connectivity index (χ2n) is 4.38. The molecule has 0 radical (unpaired) electrons. The molecule has 1 aliphatic carbocycles. The van der Waals surface area contributed by atoms with Gasteiger partial charge in [-0.3, -0.25) is 4.99 Å². The van der Waals surface area contributed by atoms with E-state index in [0.29, 0.717) is 12.0 Å². The average molecular weight is 212 g/mol. The standard InChI is InChI=1S/C11H20N2S/c12-11(9-3-1-2-4-9)13-10-5-7-14-8-6-10/h9-10H,1-8H2,(H2,12,13). The van der Waals surface area contributed by atoms with Crippen LogP contribution in [0.25, 0.3) is 0 Å². The van der Waals surface area contributed by atoms with Gasteiger partial charge in [-0.15, -0.1) is 0 Å². The maximum atomic E-state index is 6.05. The first-order chi connectivity index (χ1) is 6.86. The summed E-state index contributed by atoms with van der Waals surface area (Å²) in [6.07, 6.45) is 7.71. The Morgan fingerprint density at radius 3 is 2.36 bits per heavy atom. The summed E-state index contributed by atoms with van der Waals surface area (Å²) >= 11 is 2.05. The van der Waals surface area contributed by atoms with E-state index in [1.807, 2.05) is 11.8 Å². The SMILES string of the molecule is NC(=NC1CCSCC1)C1CCCC1. The maximum Gasteiger partial charge on any atom is 0.0971 e. The van der Waals surface area contributed by atoms with Gasteiger partial charge in [-0.25, -0.2) is 0 Å². The number of nitrogens with two attached hydrogens (primary N) is 1. The van der Waals surface area contributed by atoms with Gasteiger partial charge < -0.3 is 5.73 Å². The van der Waals surface area contributed by atoms with Gasteiger partial charge in [0.25, 0.3) is 0 Å². The Balaban J connectivity index is 1.87. The molecule has 2 N–H and O–H groups in total. The van der Waals surface area contributed by atoms with Crippen LogP contribution in [0.3, 0.4) is 0 Å². The van der Waals surface area contributed by atoms with Crippen LogP contribution in [0.5, 0.6) is 0 Å². The molecule has 2 nitrogen and oxygen atoms in total. The number of aliphatic imine (C=N–C) groups is 1. The second-order valence-corrected chi connectivity index (χ2v) is 5.60. The van der Waals surface area contributed by atoms with Gasteiger partial charge in [0.2, 0.25) is 0 Å². The summed E-state index contributed by atoms with van der Waals surface area (Å²) in [6.45, 7) is 0. The molecule has 0 spiro atoms. The summed E-state index contributed by atoms with van der Waals surface area (Å²) in [4.78, 5) is 4.70. The molecule has 1 heterocycles. The monoisotopic (exact) mass is 212 g/mol. The highest BCUT2D eigenvalue weighted by atomic mass is 32.2. The van der Waals surface area contributed by atoms with Crippen LogP contribution in [-0.2, 0) is 0 Å². The third-order valence-electron chi connectivity index (χ3n) is 3.30. The molecule has 0 unspecified atom stereocenters. The molecule has 2 aliphatic rings. The summed E-state index contributed by atoms with van der Waals surface area (Å²) in [5.74, 6) is 4.11. The normalized spacial score (nSPS) is 27.0. The van der Waals surface area contributed by atoms with Gasteiger partial charge in [0.1, 0.15) is 0 Å². The van der Waals surface area contributed by atoms with E-state index in [2.05, 4.69) is 0 Å². The number of rotatable bonds is 2. The lowest BCUT2D eigenvalue weighted by molar-refractivity contribution is 0.612. The van der Waals surface area contributed by atoms with E-state index in [-0.39, 0.29) is 0 Å². The summed E-state index contributed by atoms with van der Waals surface area (Å²) in [5.41, 5.74) is 6.05. The van der Waals surface area contributed by atoms with Gasteiger partial charge in [0, 0.05) is 5.92 Å². The van der Waals surface area contributed by atoms with Crippen molar-refractivity contribution in [2.75, 3.05) is 11.5 Å². The first-order valence-corrected chi connectivity index (χ1v) is 6.92. The molecule has 1 saturated heterocycles. The third-order valence-corrected chi connectivity index (χ3v) is 4.34. The molecule has 2 fully saturated rings. The molecule has 1 saturated carbocycles. The van der Waals surface area contributed by atoms with Gasteiger partial charge in [-0.1, -0.05) is 12.8 Å². The molecule has 0 aromatic carbocycles. The third kappa shape index (κ3) is 2.66. The molecule has 80 valence electrons. The Kier molecular flexibility index (Phi) is 3.74. The first-order valence-electron chi connectivity index (χ1n) is 5.77. The predicted molar refractivity (Wildman–Crippen MR) is 63.9 cm³/mol. The molecule has 0 amide bonds. The van der Waals surface area contributed by atoms with Crippen LogP contribution in [0.2, 0.25) is 0 Å². The fraction of sp³-hybridized carbons (Fsp3) is 0.909. The lowest BCUT2D eigenvalue weighted by atomic mass is 10.1. The molecular formula is C11H20N2S. The molecule has 0 aromatic rings.